The van der Waals surface area contributed by atoms with Gasteiger partial charge in [-0.2, -0.15) is 0 Å². The van der Waals surface area contributed by atoms with Crippen molar-refractivity contribution in [2.24, 2.45) is 7.05 Å². The van der Waals surface area contributed by atoms with Crippen LogP contribution in [0.4, 0.5) is 5.69 Å². The van der Waals surface area contributed by atoms with Gasteiger partial charge in [-0.15, -0.1) is 10.2 Å². The van der Waals surface area contributed by atoms with E-state index in [9.17, 15) is 4.79 Å². The van der Waals surface area contributed by atoms with Gasteiger partial charge < -0.3 is 9.88 Å². The third kappa shape index (κ3) is 3.39. The van der Waals surface area contributed by atoms with Crippen LogP contribution in [0.1, 0.15) is 17.0 Å². The fourth-order valence-corrected chi connectivity index (χ4v) is 2.46. The van der Waals surface area contributed by atoms with Crippen LogP contribution in [0.25, 0.3) is 0 Å². The number of nitrogens with one attached hydrogen (secondary N) is 1. The Hall–Kier alpha value is -1.82. The van der Waals surface area contributed by atoms with Crippen molar-refractivity contribution in [3.63, 3.8) is 0 Å². The number of hydrogen-bond donors (Lipinski definition) is 1. The van der Waals surface area contributed by atoms with Crippen molar-refractivity contribution in [2.45, 2.75) is 25.9 Å². The molecule has 0 aliphatic heterocycles. The lowest BCUT2D eigenvalue weighted by atomic mass is 10.1. The molecule has 1 amide bonds. The van der Waals surface area contributed by atoms with Gasteiger partial charge >= 0.3 is 0 Å². The van der Waals surface area contributed by atoms with Crippen molar-refractivity contribution in [1.82, 2.24) is 14.8 Å². The van der Waals surface area contributed by atoms with Gasteiger partial charge in [-0.05, 0) is 38.0 Å². The van der Waals surface area contributed by atoms with Crippen LogP contribution >= 0.6 is 11.8 Å². The molecule has 1 aromatic heterocycles. The lowest BCUT2D eigenvalue weighted by Crippen LogP contribution is -2.15. The van der Waals surface area contributed by atoms with Gasteiger partial charge in [-0.25, -0.2) is 0 Å². The third-order valence-corrected chi connectivity index (χ3v) is 4.07. The maximum absolute atomic E-state index is 12.0. The van der Waals surface area contributed by atoms with Crippen LogP contribution in [0.2, 0.25) is 0 Å². The largest absolute Gasteiger partial charge is 0.325 e. The van der Waals surface area contributed by atoms with Gasteiger partial charge in [0.25, 0.3) is 0 Å². The van der Waals surface area contributed by atoms with Gasteiger partial charge in [0.15, 0.2) is 5.16 Å². The Morgan fingerprint density at radius 1 is 1.30 bits per heavy atom. The second-order valence-corrected chi connectivity index (χ2v) is 5.69. The summed E-state index contributed by atoms with van der Waals surface area (Å²) in [5, 5.41) is 11.7. The minimum atomic E-state index is -0.0376. The van der Waals surface area contributed by atoms with E-state index in [1.807, 2.05) is 50.6 Å². The summed E-state index contributed by atoms with van der Waals surface area (Å²) in [4.78, 5) is 12.0. The van der Waals surface area contributed by atoms with Gasteiger partial charge in [-0.1, -0.05) is 23.9 Å². The van der Waals surface area contributed by atoms with Gasteiger partial charge in [0.05, 0.1) is 5.75 Å². The van der Waals surface area contributed by atoms with Gasteiger partial charge in [0.2, 0.25) is 5.91 Å². The number of anilines is 1. The lowest BCUT2D eigenvalue weighted by Gasteiger charge is -2.09. The third-order valence-electron chi connectivity index (χ3n) is 3.05. The van der Waals surface area contributed by atoms with E-state index >= 15 is 0 Å². The Labute approximate surface area is 122 Å². The molecule has 0 spiro atoms. The molecule has 0 fully saturated rings. The fourth-order valence-electron chi connectivity index (χ4n) is 1.70. The van der Waals surface area contributed by atoms with Crippen molar-refractivity contribution in [1.29, 1.82) is 0 Å². The molecule has 0 atom stereocenters. The van der Waals surface area contributed by atoms with E-state index in [1.54, 1.807) is 0 Å². The highest BCUT2D eigenvalue weighted by atomic mass is 32.2. The van der Waals surface area contributed by atoms with E-state index in [1.165, 1.54) is 11.8 Å². The molecule has 106 valence electrons. The molecule has 0 aliphatic rings. The summed E-state index contributed by atoms with van der Waals surface area (Å²) in [6.07, 6.45) is 0. The maximum atomic E-state index is 12.0. The zero-order valence-electron chi connectivity index (χ0n) is 12.1. The first-order valence-corrected chi connectivity index (χ1v) is 7.32. The normalized spacial score (nSPS) is 10.6. The van der Waals surface area contributed by atoms with Crippen molar-refractivity contribution < 1.29 is 4.79 Å². The van der Waals surface area contributed by atoms with Crippen LogP contribution in [0.5, 0.6) is 0 Å². The minimum Gasteiger partial charge on any atom is -0.325 e. The summed E-state index contributed by atoms with van der Waals surface area (Å²) in [5.74, 6) is 1.12. The molecule has 1 heterocycles. The van der Waals surface area contributed by atoms with Crippen molar-refractivity contribution >= 4 is 23.4 Å². The standard InChI is InChI=1S/C14H18N4OS/c1-9-5-6-10(2)12(7-9)15-13(19)8-20-14-17-16-11(3)18(14)4/h5-7H,8H2,1-4H3,(H,15,19). The van der Waals surface area contributed by atoms with E-state index in [0.29, 0.717) is 5.75 Å². The SMILES string of the molecule is Cc1ccc(C)c(NC(=O)CSc2nnc(C)n2C)c1. The van der Waals surface area contributed by atoms with Crippen LogP contribution in [-0.4, -0.2) is 26.4 Å². The number of hydrogen-bond acceptors (Lipinski definition) is 4. The van der Waals surface area contributed by atoms with E-state index in [-0.39, 0.29) is 5.91 Å². The number of carbonyl (C=O) groups is 1. The molecule has 0 saturated carbocycles. The predicted octanol–water partition coefficient (Wildman–Crippen LogP) is 2.47. The van der Waals surface area contributed by atoms with Gasteiger partial charge in [0, 0.05) is 12.7 Å². The van der Waals surface area contributed by atoms with E-state index < -0.39 is 0 Å². The number of aryl methyl sites for hydroxylation is 3. The second-order valence-electron chi connectivity index (χ2n) is 4.74. The first-order valence-electron chi connectivity index (χ1n) is 6.33. The quantitative estimate of drug-likeness (QED) is 0.879. The van der Waals surface area contributed by atoms with Crippen LogP contribution in [0.15, 0.2) is 23.4 Å². The summed E-state index contributed by atoms with van der Waals surface area (Å²) >= 11 is 1.38. The van der Waals surface area contributed by atoms with Crippen LogP contribution < -0.4 is 5.32 Å². The Morgan fingerprint density at radius 3 is 2.70 bits per heavy atom. The summed E-state index contributed by atoms with van der Waals surface area (Å²) in [6.45, 7) is 5.87. The Balaban J connectivity index is 1.96. The van der Waals surface area contributed by atoms with Crippen LogP contribution in [0, 0.1) is 20.8 Å². The zero-order valence-corrected chi connectivity index (χ0v) is 12.9. The number of nitrogens with zero attached hydrogens (tertiary/aromatic N) is 3. The maximum Gasteiger partial charge on any atom is 0.234 e. The molecule has 1 N–H and O–H groups in total. The Morgan fingerprint density at radius 2 is 2.05 bits per heavy atom. The Kier molecular flexibility index (Phi) is 4.44. The van der Waals surface area contributed by atoms with Crippen LogP contribution in [0.3, 0.4) is 0 Å². The van der Waals surface area contributed by atoms with Crippen molar-refractivity contribution in [2.75, 3.05) is 11.1 Å². The highest BCUT2D eigenvalue weighted by Gasteiger charge is 2.10. The fraction of sp³-hybridized carbons (Fsp3) is 0.357. The predicted molar refractivity (Wildman–Crippen MR) is 81.0 cm³/mol. The van der Waals surface area contributed by atoms with Crippen LogP contribution in [-0.2, 0) is 11.8 Å². The average Bonchev–Trinajstić information content (AvgIpc) is 2.72. The van der Waals surface area contributed by atoms with Crippen molar-refractivity contribution in [3.05, 3.63) is 35.2 Å². The zero-order chi connectivity index (χ0) is 14.7. The average molecular weight is 290 g/mol. The summed E-state index contributed by atoms with van der Waals surface area (Å²) in [6, 6.07) is 6.01. The molecule has 5 nitrogen and oxygen atoms in total. The molecular weight excluding hydrogens is 272 g/mol. The molecule has 0 saturated heterocycles. The van der Waals surface area contributed by atoms with Gasteiger partial charge in [-0.3, -0.25) is 4.79 Å². The lowest BCUT2D eigenvalue weighted by molar-refractivity contribution is -0.113. The molecule has 0 bridgehead atoms. The second kappa shape index (κ2) is 6.09. The molecule has 6 heteroatoms. The molecule has 2 aromatic rings. The number of amides is 1. The first-order chi connectivity index (χ1) is 9.47. The molecule has 1 aromatic carbocycles. The molecule has 0 aliphatic carbocycles. The molecule has 0 radical (unpaired) electrons. The summed E-state index contributed by atoms with van der Waals surface area (Å²) in [5.41, 5.74) is 3.05. The van der Waals surface area contributed by atoms with E-state index in [2.05, 4.69) is 15.5 Å². The van der Waals surface area contributed by atoms with E-state index in [0.717, 1.165) is 27.8 Å². The molecule has 0 unspecified atom stereocenters. The highest BCUT2D eigenvalue weighted by molar-refractivity contribution is 7.99. The monoisotopic (exact) mass is 290 g/mol. The Bertz CT molecular complexity index is 636. The minimum absolute atomic E-state index is 0.0376. The summed E-state index contributed by atoms with van der Waals surface area (Å²) in [7, 11) is 1.89. The topological polar surface area (TPSA) is 59.8 Å². The van der Waals surface area contributed by atoms with Crippen molar-refractivity contribution in [3.8, 4) is 0 Å². The first kappa shape index (κ1) is 14.6. The highest BCUT2D eigenvalue weighted by Crippen LogP contribution is 2.18. The van der Waals surface area contributed by atoms with E-state index in [4.69, 9.17) is 0 Å². The number of aromatic nitrogens is 3. The molecule has 2 rings (SSSR count). The summed E-state index contributed by atoms with van der Waals surface area (Å²) < 4.78 is 1.87. The van der Waals surface area contributed by atoms with Gasteiger partial charge in [0.1, 0.15) is 5.82 Å². The number of benzene rings is 1. The molecule has 20 heavy (non-hydrogen) atoms. The number of thioether (sulfide) groups is 1. The smallest absolute Gasteiger partial charge is 0.234 e. The molecular formula is C14H18N4OS. The number of carbonyl (C=O) groups excluding carboxylic acids is 1. The number of rotatable bonds is 4.